The molecule has 4 nitrogen and oxygen atoms in total. The monoisotopic (exact) mass is 222 g/mol. The second-order valence-electron chi connectivity index (χ2n) is 5.45. The van der Waals surface area contributed by atoms with Gasteiger partial charge in [-0.2, -0.15) is 0 Å². The average molecular weight is 222 g/mol. The Labute approximate surface area is 97.4 Å². The van der Waals surface area contributed by atoms with E-state index in [1.54, 1.807) is 4.68 Å². The van der Waals surface area contributed by atoms with Gasteiger partial charge >= 0.3 is 0 Å². The highest BCUT2D eigenvalue weighted by molar-refractivity contribution is 5.03. The summed E-state index contributed by atoms with van der Waals surface area (Å²) in [5, 5.41) is 11.8. The highest BCUT2D eigenvalue weighted by Gasteiger charge is 2.37. The number of hydrogen-bond acceptors (Lipinski definition) is 3. The van der Waals surface area contributed by atoms with Gasteiger partial charge in [-0.1, -0.05) is 25.5 Å². The summed E-state index contributed by atoms with van der Waals surface area (Å²) in [6.45, 7) is 5.52. The van der Waals surface area contributed by atoms with E-state index in [-0.39, 0.29) is 0 Å². The van der Waals surface area contributed by atoms with Crippen molar-refractivity contribution >= 4 is 0 Å². The van der Waals surface area contributed by atoms with Crippen LogP contribution in [-0.4, -0.2) is 27.6 Å². The Morgan fingerprint density at radius 3 is 2.69 bits per heavy atom. The van der Waals surface area contributed by atoms with Gasteiger partial charge in [0.05, 0.1) is 5.69 Å². The summed E-state index contributed by atoms with van der Waals surface area (Å²) in [5.74, 6) is 0. The number of aromatic nitrogens is 3. The molecule has 1 aliphatic rings. The lowest BCUT2D eigenvalue weighted by atomic mass is 9.66. The summed E-state index contributed by atoms with van der Waals surface area (Å²) in [7, 11) is 1.93. The standard InChI is InChI=1S/C12H22N4/c1-10(2)13-9-12(5-4-6-12)7-11-8-16(3)15-14-11/h8,10,13H,4-7,9H2,1-3H3. The van der Waals surface area contributed by atoms with Crippen LogP contribution in [0.25, 0.3) is 0 Å². The summed E-state index contributed by atoms with van der Waals surface area (Å²) in [6, 6.07) is 0.569. The summed E-state index contributed by atoms with van der Waals surface area (Å²) in [4.78, 5) is 0. The summed E-state index contributed by atoms with van der Waals surface area (Å²) < 4.78 is 1.79. The molecule has 0 saturated heterocycles. The van der Waals surface area contributed by atoms with Gasteiger partial charge in [-0.3, -0.25) is 4.68 Å². The second kappa shape index (κ2) is 4.53. The van der Waals surface area contributed by atoms with Gasteiger partial charge in [0.1, 0.15) is 0 Å². The molecule has 1 aliphatic carbocycles. The Hall–Kier alpha value is -0.900. The first-order valence-electron chi connectivity index (χ1n) is 6.18. The molecule has 1 aromatic heterocycles. The fraction of sp³-hybridized carbons (Fsp3) is 0.833. The maximum atomic E-state index is 4.19. The number of rotatable bonds is 5. The first-order valence-corrected chi connectivity index (χ1v) is 6.18. The molecule has 0 bridgehead atoms. The minimum absolute atomic E-state index is 0.445. The van der Waals surface area contributed by atoms with Crippen molar-refractivity contribution in [2.45, 2.75) is 45.6 Å². The largest absolute Gasteiger partial charge is 0.314 e. The zero-order chi connectivity index (χ0) is 11.6. The van der Waals surface area contributed by atoms with E-state index in [1.165, 1.54) is 19.3 Å². The number of hydrogen-bond donors (Lipinski definition) is 1. The highest BCUT2D eigenvalue weighted by Crippen LogP contribution is 2.42. The molecule has 4 heteroatoms. The molecule has 90 valence electrons. The lowest BCUT2D eigenvalue weighted by molar-refractivity contribution is 0.125. The lowest BCUT2D eigenvalue weighted by Crippen LogP contribution is -2.43. The zero-order valence-electron chi connectivity index (χ0n) is 10.5. The molecule has 1 aromatic rings. The van der Waals surface area contributed by atoms with Gasteiger partial charge in [0.2, 0.25) is 0 Å². The SMILES string of the molecule is CC(C)NCC1(Cc2cn(C)nn2)CCC1. The third kappa shape index (κ3) is 2.61. The van der Waals surface area contributed by atoms with Crippen molar-refractivity contribution in [2.75, 3.05) is 6.54 Å². The number of aryl methyl sites for hydroxylation is 1. The zero-order valence-corrected chi connectivity index (χ0v) is 10.5. The quantitative estimate of drug-likeness (QED) is 0.821. The Morgan fingerprint density at radius 1 is 1.50 bits per heavy atom. The van der Waals surface area contributed by atoms with Crippen molar-refractivity contribution in [2.24, 2.45) is 12.5 Å². The molecular weight excluding hydrogens is 200 g/mol. The van der Waals surface area contributed by atoms with Crippen molar-refractivity contribution in [3.05, 3.63) is 11.9 Å². The normalized spacial score (nSPS) is 18.8. The molecule has 0 atom stereocenters. The molecule has 0 aromatic carbocycles. The van der Waals surface area contributed by atoms with Crippen LogP contribution in [0.4, 0.5) is 0 Å². The van der Waals surface area contributed by atoms with Gasteiger partial charge in [-0.15, -0.1) is 5.10 Å². The first kappa shape index (κ1) is 11.6. The third-order valence-electron chi connectivity index (χ3n) is 3.51. The van der Waals surface area contributed by atoms with E-state index in [9.17, 15) is 0 Å². The minimum atomic E-state index is 0.445. The Kier molecular flexibility index (Phi) is 3.28. The second-order valence-corrected chi connectivity index (χ2v) is 5.45. The van der Waals surface area contributed by atoms with Crippen LogP contribution in [0.15, 0.2) is 6.20 Å². The van der Waals surface area contributed by atoms with E-state index < -0.39 is 0 Å². The van der Waals surface area contributed by atoms with E-state index in [0.29, 0.717) is 11.5 Å². The summed E-state index contributed by atoms with van der Waals surface area (Å²) >= 11 is 0. The van der Waals surface area contributed by atoms with E-state index in [4.69, 9.17) is 0 Å². The van der Waals surface area contributed by atoms with Crippen LogP contribution in [0.1, 0.15) is 38.8 Å². The molecule has 0 amide bonds. The van der Waals surface area contributed by atoms with Crippen molar-refractivity contribution in [3.8, 4) is 0 Å². The van der Waals surface area contributed by atoms with Crippen molar-refractivity contribution in [1.82, 2.24) is 20.3 Å². The number of nitrogens with zero attached hydrogens (tertiary/aromatic N) is 3. The Balaban J connectivity index is 1.94. The predicted octanol–water partition coefficient (Wildman–Crippen LogP) is 1.53. The Morgan fingerprint density at radius 2 is 2.25 bits per heavy atom. The van der Waals surface area contributed by atoms with E-state index in [2.05, 4.69) is 29.5 Å². The smallest absolute Gasteiger partial charge is 0.0833 e. The van der Waals surface area contributed by atoms with Crippen LogP contribution in [-0.2, 0) is 13.5 Å². The predicted molar refractivity (Wildman–Crippen MR) is 64.1 cm³/mol. The van der Waals surface area contributed by atoms with Crippen molar-refractivity contribution in [1.29, 1.82) is 0 Å². The van der Waals surface area contributed by atoms with Crippen LogP contribution >= 0.6 is 0 Å². The fourth-order valence-electron chi connectivity index (χ4n) is 2.37. The van der Waals surface area contributed by atoms with Crippen molar-refractivity contribution < 1.29 is 0 Å². The molecule has 0 unspecified atom stereocenters. The molecule has 16 heavy (non-hydrogen) atoms. The van der Waals surface area contributed by atoms with Crippen molar-refractivity contribution in [3.63, 3.8) is 0 Å². The topological polar surface area (TPSA) is 42.7 Å². The maximum Gasteiger partial charge on any atom is 0.0833 e. The van der Waals surface area contributed by atoms with Gasteiger partial charge < -0.3 is 5.32 Å². The van der Waals surface area contributed by atoms with Crippen LogP contribution in [0, 0.1) is 5.41 Å². The minimum Gasteiger partial charge on any atom is -0.314 e. The maximum absolute atomic E-state index is 4.19. The van der Waals surface area contributed by atoms with Crippen LogP contribution in [0.3, 0.4) is 0 Å². The third-order valence-corrected chi connectivity index (χ3v) is 3.51. The fourth-order valence-corrected chi connectivity index (χ4v) is 2.37. The molecule has 1 fully saturated rings. The van der Waals surface area contributed by atoms with Crippen LogP contribution < -0.4 is 5.32 Å². The summed E-state index contributed by atoms with van der Waals surface area (Å²) in [5.41, 5.74) is 1.58. The lowest BCUT2D eigenvalue weighted by Gasteiger charge is -2.42. The average Bonchev–Trinajstić information content (AvgIpc) is 2.55. The van der Waals surface area contributed by atoms with E-state index in [0.717, 1.165) is 18.7 Å². The molecule has 0 spiro atoms. The van der Waals surface area contributed by atoms with Gasteiger partial charge in [0.25, 0.3) is 0 Å². The van der Waals surface area contributed by atoms with Gasteiger partial charge in [-0.05, 0) is 24.7 Å². The molecular formula is C12H22N4. The molecule has 0 radical (unpaired) electrons. The van der Waals surface area contributed by atoms with Gasteiger partial charge in [0.15, 0.2) is 0 Å². The van der Waals surface area contributed by atoms with Crippen LogP contribution in [0.5, 0.6) is 0 Å². The molecule has 1 heterocycles. The highest BCUT2D eigenvalue weighted by atomic mass is 15.4. The summed E-state index contributed by atoms with van der Waals surface area (Å²) in [6.07, 6.45) is 7.11. The molecule has 2 rings (SSSR count). The van der Waals surface area contributed by atoms with Crippen LogP contribution in [0.2, 0.25) is 0 Å². The molecule has 1 N–H and O–H groups in total. The molecule has 1 saturated carbocycles. The van der Waals surface area contributed by atoms with Gasteiger partial charge in [-0.25, -0.2) is 0 Å². The van der Waals surface area contributed by atoms with E-state index in [1.807, 2.05) is 13.2 Å². The first-order chi connectivity index (χ1) is 7.60. The Bertz CT molecular complexity index is 339. The number of nitrogens with one attached hydrogen (secondary N) is 1. The van der Waals surface area contributed by atoms with Gasteiger partial charge in [0, 0.05) is 25.8 Å². The van der Waals surface area contributed by atoms with E-state index >= 15 is 0 Å². The molecule has 0 aliphatic heterocycles.